The first-order valence-electron chi connectivity index (χ1n) is 15.5. The van der Waals surface area contributed by atoms with Crippen LogP contribution in [-0.2, 0) is 0 Å². The molecular formula is C36H33F2N7O2. The lowest BCUT2D eigenvalue weighted by atomic mass is 10.0. The van der Waals surface area contributed by atoms with Crippen molar-refractivity contribution in [3.63, 3.8) is 0 Å². The van der Waals surface area contributed by atoms with E-state index >= 15 is 0 Å². The molecule has 2 aromatic heterocycles. The summed E-state index contributed by atoms with van der Waals surface area (Å²) in [7, 11) is 0. The molecule has 11 heteroatoms. The maximum absolute atomic E-state index is 14.2. The van der Waals surface area contributed by atoms with Crippen LogP contribution in [0.25, 0.3) is 22.6 Å². The molecule has 0 spiro atoms. The molecular weight excluding hydrogens is 600 g/mol. The Morgan fingerprint density at radius 1 is 0.979 bits per heavy atom. The molecule has 2 aliphatic heterocycles. The average Bonchev–Trinajstić information content (AvgIpc) is 3.48. The molecule has 238 valence electrons. The first kappa shape index (κ1) is 30.1. The normalized spacial score (nSPS) is 16.4. The van der Waals surface area contributed by atoms with Crippen LogP contribution in [0.15, 0.2) is 96.1 Å². The van der Waals surface area contributed by atoms with E-state index in [0.717, 1.165) is 66.5 Å². The van der Waals surface area contributed by atoms with E-state index < -0.39 is 29.5 Å². The number of nitrogens with zero attached hydrogens (tertiary/aromatic N) is 3. The van der Waals surface area contributed by atoms with E-state index in [-0.39, 0.29) is 11.7 Å². The number of hydrogen-bond acceptors (Lipinski definition) is 7. The highest BCUT2D eigenvalue weighted by molar-refractivity contribution is 6.05. The van der Waals surface area contributed by atoms with Crippen molar-refractivity contribution >= 4 is 34.8 Å². The topological polar surface area (TPSA) is 104 Å². The fraction of sp³-hybridized carbons (Fsp3) is 0.194. The lowest BCUT2D eigenvalue weighted by Gasteiger charge is -2.26. The van der Waals surface area contributed by atoms with Gasteiger partial charge in [0.05, 0.1) is 17.1 Å². The number of amides is 1. The minimum absolute atomic E-state index is 0.219. The molecule has 1 atom stereocenters. The van der Waals surface area contributed by atoms with Crippen molar-refractivity contribution in [3.05, 3.63) is 120 Å². The van der Waals surface area contributed by atoms with Gasteiger partial charge in [-0.05, 0) is 99.1 Å². The van der Waals surface area contributed by atoms with E-state index in [1.54, 1.807) is 24.4 Å². The Kier molecular flexibility index (Phi) is 8.36. The van der Waals surface area contributed by atoms with Crippen LogP contribution in [0.1, 0.15) is 34.5 Å². The highest BCUT2D eigenvalue weighted by Crippen LogP contribution is 2.31. The predicted octanol–water partition coefficient (Wildman–Crippen LogP) is 6.38. The summed E-state index contributed by atoms with van der Waals surface area (Å²) in [4.78, 5) is 22.6. The number of anilines is 2. The number of imidazole rings is 1. The number of ether oxygens (including phenoxy) is 1. The van der Waals surface area contributed by atoms with Gasteiger partial charge < -0.3 is 26.0 Å². The van der Waals surface area contributed by atoms with E-state index in [9.17, 15) is 13.6 Å². The molecule has 1 fully saturated rings. The van der Waals surface area contributed by atoms with E-state index in [1.807, 2.05) is 66.1 Å². The number of rotatable bonds is 8. The number of piperidine rings is 1. The Morgan fingerprint density at radius 3 is 2.60 bits per heavy atom. The Morgan fingerprint density at radius 2 is 1.79 bits per heavy atom. The van der Waals surface area contributed by atoms with E-state index in [2.05, 4.69) is 26.3 Å². The number of hydrogen-bond donors (Lipinski definition) is 4. The number of fused-ring (bicyclic) bond motifs is 1. The third-order valence-electron chi connectivity index (χ3n) is 8.23. The molecule has 2 aliphatic rings. The van der Waals surface area contributed by atoms with Crippen LogP contribution in [0.5, 0.6) is 5.75 Å². The minimum atomic E-state index is -0.853. The van der Waals surface area contributed by atoms with E-state index in [0.29, 0.717) is 16.9 Å². The lowest BCUT2D eigenvalue weighted by Crippen LogP contribution is -2.36. The van der Waals surface area contributed by atoms with Crippen molar-refractivity contribution in [1.82, 2.24) is 20.0 Å². The molecule has 1 unspecified atom stereocenters. The van der Waals surface area contributed by atoms with Gasteiger partial charge in [-0.3, -0.25) is 9.20 Å². The van der Waals surface area contributed by atoms with Crippen LogP contribution >= 0.6 is 0 Å². The smallest absolute Gasteiger partial charge is 0.255 e. The summed E-state index contributed by atoms with van der Waals surface area (Å²) < 4.78 is 36.7. The van der Waals surface area contributed by atoms with Gasteiger partial charge in [0.15, 0.2) is 6.29 Å². The number of benzene rings is 3. The minimum Gasteiger partial charge on any atom is -0.490 e. The number of aliphatic imine (C=N–C) groups is 1. The monoisotopic (exact) mass is 633 g/mol. The van der Waals surface area contributed by atoms with Gasteiger partial charge in [-0.25, -0.2) is 18.8 Å². The fourth-order valence-electron chi connectivity index (χ4n) is 5.85. The highest BCUT2D eigenvalue weighted by atomic mass is 19.1. The maximum atomic E-state index is 14.2. The number of halogens is 2. The van der Waals surface area contributed by atoms with Crippen molar-refractivity contribution < 1.29 is 18.3 Å². The van der Waals surface area contributed by atoms with Crippen LogP contribution in [0, 0.1) is 18.6 Å². The molecule has 4 N–H and O–H groups in total. The summed E-state index contributed by atoms with van der Waals surface area (Å²) in [5.41, 5.74) is 5.18. The van der Waals surface area contributed by atoms with Gasteiger partial charge in [-0.15, -0.1) is 0 Å². The zero-order chi connectivity index (χ0) is 32.3. The lowest BCUT2D eigenvalue weighted by molar-refractivity contribution is 0.102. The van der Waals surface area contributed by atoms with Crippen molar-refractivity contribution in [2.75, 3.05) is 23.7 Å². The van der Waals surface area contributed by atoms with Gasteiger partial charge in [0, 0.05) is 29.2 Å². The second-order valence-corrected chi connectivity index (χ2v) is 11.5. The second kappa shape index (κ2) is 13.1. The molecule has 47 heavy (non-hydrogen) atoms. The Bertz CT molecular complexity index is 2000. The standard InChI is InChI=1S/C36H33F2N7O2/c1-22-20-26(47-25-13-16-39-17-14-25)11-12-29(22)41-36-40-18-15-30(42-36)34-32(43-31-10-2-3-19-45(31)34)23-6-4-7-24(21-23)35(46)44-33-27(37)8-5-9-28(33)38/h2-12,15,18-21,25,36,39,41-42H,13-14,16-17H2,1H3,(H,44,46). The third-order valence-corrected chi connectivity index (χ3v) is 8.23. The molecule has 0 saturated carbocycles. The van der Waals surface area contributed by atoms with Gasteiger partial charge in [-0.2, -0.15) is 0 Å². The van der Waals surface area contributed by atoms with Crippen molar-refractivity contribution in [2.24, 2.45) is 4.99 Å². The van der Waals surface area contributed by atoms with Crippen molar-refractivity contribution in [2.45, 2.75) is 32.2 Å². The molecule has 1 amide bonds. The van der Waals surface area contributed by atoms with E-state index in [4.69, 9.17) is 9.72 Å². The van der Waals surface area contributed by atoms with Crippen LogP contribution in [-0.4, -0.2) is 47.0 Å². The van der Waals surface area contributed by atoms with Gasteiger partial charge in [-0.1, -0.05) is 24.3 Å². The van der Waals surface area contributed by atoms with Gasteiger partial charge >= 0.3 is 0 Å². The fourth-order valence-corrected chi connectivity index (χ4v) is 5.85. The van der Waals surface area contributed by atoms with Crippen molar-refractivity contribution in [1.29, 1.82) is 0 Å². The van der Waals surface area contributed by atoms with Gasteiger partial charge in [0.2, 0.25) is 0 Å². The number of pyridine rings is 1. The summed E-state index contributed by atoms with van der Waals surface area (Å²) in [6.45, 7) is 3.97. The first-order valence-corrected chi connectivity index (χ1v) is 15.5. The molecule has 0 aliphatic carbocycles. The molecule has 0 radical (unpaired) electrons. The molecule has 4 heterocycles. The van der Waals surface area contributed by atoms with Crippen LogP contribution in [0.4, 0.5) is 20.2 Å². The van der Waals surface area contributed by atoms with Gasteiger partial charge in [0.25, 0.3) is 5.91 Å². The summed E-state index contributed by atoms with van der Waals surface area (Å²) in [5.74, 6) is -1.50. The zero-order valence-corrected chi connectivity index (χ0v) is 25.6. The first-order chi connectivity index (χ1) is 22.9. The highest BCUT2D eigenvalue weighted by Gasteiger charge is 2.23. The number of aryl methyl sites for hydroxylation is 1. The summed E-state index contributed by atoms with van der Waals surface area (Å²) in [5, 5.41) is 12.7. The zero-order valence-electron chi connectivity index (χ0n) is 25.6. The average molecular weight is 634 g/mol. The molecule has 1 saturated heterocycles. The number of carbonyl (C=O) groups excluding carboxylic acids is 1. The van der Waals surface area contributed by atoms with Gasteiger partial charge in [0.1, 0.15) is 34.8 Å². The second-order valence-electron chi connectivity index (χ2n) is 11.5. The summed E-state index contributed by atoms with van der Waals surface area (Å²) in [6.07, 6.45) is 7.26. The Labute approximate surface area is 270 Å². The predicted molar refractivity (Wildman–Crippen MR) is 180 cm³/mol. The maximum Gasteiger partial charge on any atom is 0.255 e. The largest absolute Gasteiger partial charge is 0.490 e. The number of nitrogens with one attached hydrogen (secondary N) is 4. The van der Waals surface area contributed by atoms with Crippen molar-refractivity contribution in [3.8, 4) is 17.0 Å². The van der Waals surface area contributed by atoms with E-state index in [1.165, 1.54) is 6.07 Å². The molecule has 0 bridgehead atoms. The Balaban J connectivity index is 1.14. The molecule has 7 rings (SSSR count). The summed E-state index contributed by atoms with van der Waals surface area (Å²) in [6, 6.07) is 22.0. The number of carbonyl (C=O) groups is 1. The Hall–Kier alpha value is -5.55. The summed E-state index contributed by atoms with van der Waals surface area (Å²) >= 11 is 0. The number of para-hydroxylation sites is 1. The molecule has 9 nitrogen and oxygen atoms in total. The molecule has 3 aromatic carbocycles. The number of aromatic nitrogens is 2. The van der Waals surface area contributed by atoms with Crippen LogP contribution in [0.2, 0.25) is 0 Å². The van der Waals surface area contributed by atoms with Crippen LogP contribution < -0.4 is 26.0 Å². The van der Waals surface area contributed by atoms with Crippen LogP contribution in [0.3, 0.4) is 0 Å². The SMILES string of the molecule is Cc1cc(OC2CCNCC2)ccc1NC1N=CC=C(c2c(-c3cccc(C(=O)Nc4c(F)cccc4F)c3)nc3ccccn23)N1. The quantitative estimate of drug-likeness (QED) is 0.158. The third kappa shape index (κ3) is 6.43. The molecule has 5 aromatic rings. The number of allylic oxidation sites excluding steroid dienone is 1.